The normalized spacial score (nSPS) is 51.7. The zero-order valence-corrected chi connectivity index (χ0v) is 14.5. The molecule has 0 unspecified atom stereocenters. The molecule has 23 heavy (non-hydrogen) atoms. The number of aliphatic hydroxyl groups is 1. The van der Waals surface area contributed by atoms with E-state index in [1.807, 2.05) is 19.9 Å². The van der Waals surface area contributed by atoms with Gasteiger partial charge in [0.2, 0.25) is 0 Å². The second kappa shape index (κ2) is 4.72. The van der Waals surface area contributed by atoms with Crippen molar-refractivity contribution >= 4 is 5.97 Å². The van der Waals surface area contributed by atoms with Gasteiger partial charge in [-0.1, -0.05) is 19.1 Å². The molecule has 3 fully saturated rings. The predicted molar refractivity (Wildman–Crippen MR) is 88.6 cm³/mol. The molecule has 1 aliphatic heterocycles. The zero-order chi connectivity index (χ0) is 16.6. The quantitative estimate of drug-likeness (QED) is 0.625. The second-order valence-electron chi connectivity index (χ2n) is 8.86. The summed E-state index contributed by atoms with van der Waals surface area (Å²) in [6.45, 7) is 10.5. The lowest BCUT2D eigenvalue weighted by Gasteiger charge is -2.32. The average Bonchev–Trinajstić information content (AvgIpc) is 2.75. The number of allylic oxidation sites excluding steroid dienone is 1. The summed E-state index contributed by atoms with van der Waals surface area (Å²) < 4.78 is 5.50. The summed E-state index contributed by atoms with van der Waals surface area (Å²) in [5.41, 5.74) is 1.70. The Kier molecular flexibility index (Phi) is 3.17. The monoisotopic (exact) mass is 316 g/mol. The first-order valence-electron chi connectivity index (χ1n) is 9.03. The van der Waals surface area contributed by atoms with Gasteiger partial charge in [0, 0.05) is 5.57 Å². The highest BCUT2D eigenvalue weighted by atomic mass is 16.5. The molecule has 0 radical (unpaired) electrons. The van der Waals surface area contributed by atoms with Gasteiger partial charge >= 0.3 is 5.97 Å². The molecular weight excluding hydrogens is 288 g/mol. The highest BCUT2D eigenvalue weighted by Crippen LogP contribution is 2.73. The van der Waals surface area contributed by atoms with Gasteiger partial charge in [-0.05, 0) is 81.1 Å². The van der Waals surface area contributed by atoms with Gasteiger partial charge in [0.25, 0.3) is 0 Å². The van der Waals surface area contributed by atoms with Gasteiger partial charge < -0.3 is 9.84 Å². The molecule has 3 nitrogen and oxygen atoms in total. The van der Waals surface area contributed by atoms with E-state index in [4.69, 9.17) is 4.74 Å². The second-order valence-corrected chi connectivity index (χ2v) is 8.86. The van der Waals surface area contributed by atoms with E-state index < -0.39 is 5.60 Å². The van der Waals surface area contributed by atoms with Crippen molar-refractivity contribution in [3.05, 3.63) is 23.8 Å². The molecule has 0 amide bonds. The van der Waals surface area contributed by atoms with Crippen LogP contribution in [-0.4, -0.2) is 22.8 Å². The summed E-state index contributed by atoms with van der Waals surface area (Å²) >= 11 is 0. The number of carbonyl (C=O) groups excluding carboxylic acids is 1. The van der Waals surface area contributed by atoms with Crippen molar-refractivity contribution < 1.29 is 14.6 Å². The Labute approximate surface area is 138 Å². The minimum Gasteiger partial charge on any atom is -0.455 e. The number of esters is 1. The van der Waals surface area contributed by atoms with E-state index in [1.54, 1.807) is 0 Å². The van der Waals surface area contributed by atoms with Gasteiger partial charge in [0.1, 0.15) is 6.10 Å². The molecule has 3 saturated carbocycles. The molecule has 0 aromatic heterocycles. The van der Waals surface area contributed by atoms with Crippen LogP contribution in [0.5, 0.6) is 0 Å². The summed E-state index contributed by atoms with van der Waals surface area (Å²) in [5, 5.41) is 11.0. The van der Waals surface area contributed by atoms with Crippen molar-refractivity contribution in [1.82, 2.24) is 0 Å². The molecule has 4 rings (SSSR count). The molecule has 0 aromatic carbocycles. The molecule has 7 atom stereocenters. The van der Waals surface area contributed by atoms with Crippen LogP contribution in [0.25, 0.3) is 0 Å². The van der Waals surface area contributed by atoms with Crippen LogP contribution in [0.15, 0.2) is 23.8 Å². The molecule has 0 spiro atoms. The molecule has 0 aromatic rings. The minimum absolute atomic E-state index is 0.0765. The van der Waals surface area contributed by atoms with E-state index >= 15 is 0 Å². The van der Waals surface area contributed by atoms with Crippen LogP contribution in [-0.2, 0) is 9.53 Å². The van der Waals surface area contributed by atoms with Gasteiger partial charge in [-0.3, -0.25) is 0 Å². The van der Waals surface area contributed by atoms with Crippen LogP contribution in [0.4, 0.5) is 0 Å². The van der Waals surface area contributed by atoms with Crippen molar-refractivity contribution in [3.8, 4) is 0 Å². The van der Waals surface area contributed by atoms with Crippen molar-refractivity contribution in [2.75, 3.05) is 0 Å². The van der Waals surface area contributed by atoms with Crippen molar-refractivity contribution in [2.45, 2.75) is 64.6 Å². The van der Waals surface area contributed by atoms with Crippen LogP contribution < -0.4 is 0 Å². The van der Waals surface area contributed by atoms with Gasteiger partial charge in [0.05, 0.1) is 5.60 Å². The number of ether oxygens (including phenoxy) is 1. The summed E-state index contributed by atoms with van der Waals surface area (Å²) in [6, 6.07) is 0. The van der Waals surface area contributed by atoms with E-state index in [9.17, 15) is 9.90 Å². The van der Waals surface area contributed by atoms with Crippen molar-refractivity contribution in [2.24, 2.45) is 29.1 Å². The lowest BCUT2D eigenvalue weighted by molar-refractivity contribution is -0.140. The molecule has 4 aliphatic rings. The third-order valence-corrected chi connectivity index (χ3v) is 7.39. The van der Waals surface area contributed by atoms with Gasteiger partial charge in [-0.15, -0.1) is 0 Å². The first-order valence-corrected chi connectivity index (χ1v) is 9.03. The van der Waals surface area contributed by atoms with E-state index in [-0.39, 0.29) is 17.5 Å². The molecule has 0 bridgehead atoms. The Morgan fingerprint density at radius 2 is 2.09 bits per heavy atom. The first kappa shape index (κ1) is 15.4. The number of carbonyl (C=O) groups is 1. The van der Waals surface area contributed by atoms with Crippen LogP contribution in [0, 0.1) is 29.1 Å². The van der Waals surface area contributed by atoms with E-state index in [0.29, 0.717) is 23.7 Å². The summed E-state index contributed by atoms with van der Waals surface area (Å²) in [6.07, 6.45) is 7.03. The maximum atomic E-state index is 11.6. The summed E-state index contributed by atoms with van der Waals surface area (Å²) in [5.74, 6) is 1.81. The zero-order valence-electron chi connectivity index (χ0n) is 14.5. The van der Waals surface area contributed by atoms with Gasteiger partial charge in [-0.2, -0.15) is 0 Å². The molecule has 1 N–H and O–H groups in total. The highest BCUT2D eigenvalue weighted by molar-refractivity contribution is 5.90. The fourth-order valence-corrected chi connectivity index (χ4v) is 6.15. The minimum atomic E-state index is -0.573. The Hall–Kier alpha value is -1.09. The number of hydrogen-bond acceptors (Lipinski definition) is 3. The van der Waals surface area contributed by atoms with Gasteiger partial charge in [-0.25, -0.2) is 4.79 Å². The van der Waals surface area contributed by atoms with Crippen LogP contribution in [0.3, 0.4) is 0 Å². The highest BCUT2D eigenvalue weighted by Gasteiger charge is 2.69. The molecule has 1 heterocycles. The van der Waals surface area contributed by atoms with Crippen LogP contribution in [0.1, 0.15) is 52.9 Å². The van der Waals surface area contributed by atoms with E-state index in [1.165, 1.54) is 12.0 Å². The lowest BCUT2D eigenvalue weighted by atomic mass is 9.76. The maximum Gasteiger partial charge on any atom is 0.334 e. The van der Waals surface area contributed by atoms with Gasteiger partial charge in [0.15, 0.2) is 0 Å². The summed E-state index contributed by atoms with van der Waals surface area (Å²) in [7, 11) is 0. The molecule has 3 heteroatoms. The van der Waals surface area contributed by atoms with E-state index in [2.05, 4.69) is 13.5 Å². The van der Waals surface area contributed by atoms with Crippen LogP contribution in [0.2, 0.25) is 0 Å². The third-order valence-electron chi connectivity index (χ3n) is 7.39. The fourth-order valence-electron chi connectivity index (χ4n) is 6.15. The Morgan fingerprint density at radius 1 is 1.35 bits per heavy atom. The Balaban J connectivity index is 1.59. The predicted octanol–water partition coefficient (Wildman–Crippen LogP) is 3.63. The first-order chi connectivity index (χ1) is 10.7. The van der Waals surface area contributed by atoms with Crippen LogP contribution >= 0.6 is 0 Å². The standard InChI is InChI=1S/C20H28O3/c1-11-5-6-15-17(16-14(11)7-8-20(16,4)22)19(15,3)10-13-9-12(2)18(21)23-13/h9,13-17,22H,1,5-8,10H2,2-4H3/t13-,14-,15+,16-,17+,19-,20-/m0/s1. The number of rotatable bonds is 2. The van der Waals surface area contributed by atoms with E-state index in [0.717, 1.165) is 31.3 Å². The summed E-state index contributed by atoms with van der Waals surface area (Å²) in [4.78, 5) is 11.6. The topological polar surface area (TPSA) is 46.5 Å². The Bertz CT molecular complexity index is 602. The maximum absolute atomic E-state index is 11.6. The smallest absolute Gasteiger partial charge is 0.334 e. The third kappa shape index (κ3) is 2.15. The van der Waals surface area contributed by atoms with Crippen molar-refractivity contribution in [3.63, 3.8) is 0 Å². The molecule has 0 saturated heterocycles. The Morgan fingerprint density at radius 3 is 2.74 bits per heavy atom. The lowest BCUT2D eigenvalue weighted by Crippen LogP contribution is -2.35. The molecule has 3 aliphatic carbocycles. The number of fused-ring (bicyclic) bond motifs is 3. The SMILES string of the molecule is C=C1CC[C@@H]2[C@H]([C@@H]3[C@H]1CC[C@]3(C)O)[C@@]2(C)C[C@@H]1C=C(C)C(=O)O1. The number of cyclic esters (lactones) is 1. The largest absolute Gasteiger partial charge is 0.455 e. The molecule has 126 valence electrons. The van der Waals surface area contributed by atoms with Crippen molar-refractivity contribution in [1.29, 1.82) is 0 Å². The average molecular weight is 316 g/mol. The fraction of sp³-hybridized carbons (Fsp3) is 0.750. The molecular formula is C20H28O3. The number of hydrogen-bond donors (Lipinski definition) is 1.